The second-order valence-electron chi connectivity index (χ2n) is 4.78. The van der Waals surface area contributed by atoms with E-state index in [9.17, 15) is 4.79 Å². The molecule has 0 aromatic rings. The maximum Gasteiger partial charge on any atom is 0.239 e. The van der Waals surface area contributed by atoms with Gasteiger partial charge in [0.1, 0.15) is 0 Å². The molecule has 3 nitrogen and oxygen atoms in total. The molecular formula is C10H20N2O. The predicted molar refractivity (Wildman–Crippen MR) is 53.2 cm³/mol. The molecule has 1 aliphatic heterocycles. The molecule has 0 unspecified atom stereocenters. The molecule has 0 aromatic carbocycles. The molecule has 1 fully saturated rings. The molecule has 0 aromatic heterocycles. The number of rotatable bonds is 1. The lowest BCUT2D eigenvalue weighted by Gasteiger charge is -2.37. The Morgan fingerprint density at radius 1 is 1.38 bits per heavy atom. The summed E-state index contributed by atoms with van der Waals surface area (Å²) in [5, 5.41) is 0. The quantitative estimate of drug-likeness (QED) is 0.660. The van der Waals surface area contributed by atoms with Crippen LogP contribution in [0.3, 0.4) is 0 Å². The third kappa shape index (κ3) is 2.69. The number of amides is 1. The van der Waals surface area contributed by atoms with Crippen LogP contribution in [0.2, 0.25) is 0 Å². The summed E-state index contributed by atoms with van der Waals surface area (Å²) in [4.78, 5) is 13.4. The van der Waals surface area contributed by atoms with Crippen LogP contribution < -0.4 is 5.73 Å². The molecule has 0 spiro atoms. The SMILES string of the molecule is C[C@H](N)C(=O)N1CCC(C)(C)CC1. The molecule has 1 atom stereocenters. The minimum absolute atomic E-state index is 0.0931. The monoisotopic (exact) mass is 184 g/mol. The molecule has 1 heterocycles. The number of hydrogen-bond acceptors (Lipinski definition) is 2. The molecule has 1 aliphatic rings. The van der Waals surface area contributed by atoms with Crippen molar-refractivity contribution in [2.75, 3.05) is 13.1 Å². The summed E-state index contributed by atoms with van der Waals surface area (Å²) in [5.41, 5.74) is 5.94. The fourth-order valence-corrected chi connectivity index (χ4v) is 1.62. The highest BCUT2D eigenvalue weighted by atomic mass is 16.2. The Hall–Kier alpha value is -0.570. The van der Waals surface area contributed by atoms with E-state index < -0.39 is 0 Å². The summed E-state index contributed by atoms with van der Waals surface area (Å²) >= 11 is 0. The maximum atomic E-state index is 11.5. The lowest BCUT2D eigenvalue weighted by Crippen LogP contribution is -2.47. The van der Waals surface area contributed by atoms with E-state index in [0.717, 1.165) is 25.9 Å². The molecule has 76 valence electrons. The van der Waals surface area contributed by atoms with E-state index >= 15 is 0 Å². The topological polar surface area (TPSA) is 46.3 Å². The number of nitrogens with zero attached hydrogens (tertiary/aromatic N) is 1. The smallest absolute Gasteiger partial charge is 0.239 e. The summed E-state index contributed by atoms with van der Waals surface area (Å²) in [6.07, 6.45) is 2.18. The van der Waals surface area contributed by atoms with E-state index in [-0.39, 0.29) is 11.9 Å². The highest BCUT2D eigenvalue weighted by Gasteiger charge is 2.28. The minimum atomic E-state index is -0.346. The molecule has 1 rings (SSSR count). The van der Waals surface area contributed by atoms with Gasteiger partial charge >= 0.3 is 0 Å². The predicted octanol–water partition coefficient (Wildman–Crippen LogP) is 0.982. The van der Waals surface area contributed by atoms with Gasteiger partial charge in [0, 0.05) is 13.1 Å². The van der Waals surface area contributed by atoms with Crippen molar-refractivity contribution >= 4 is 5.91 Å². The van der Waals surface area contributed by atoms with Crippen molar-refractivity contribution in [2.24, 2.45) is 11.1 Å². The van der Waals surface area contributed by atoms with Crippen LogP contribution >= 0.6 is 0 Å². The van der Waals surface area contributed by atoms with E-state index in [0.29, 0.717) is 5.41 Å². The van der Waals surface area contributed by atoms with Crippen molar-refractivity contribution in [3.05, 3.63) is 0 Å². The second-order valence-corrected chi connectivity index (χ2v) is 4.78. The van der Waals surface area contributed by atoms with Gasteiger partial charge in [-0.3, -0.25) is 4.79 Å². The van der Waals surface area contributed by atoms with Gasteiger partial charge in [-0.05, 0) is 25.2 Å². The first-order chi connectivity index (χ1) is 5.92. The Labute approximate surface area is 80.3 Å². The Bertz CT molecular complexity index is 189. The molecule has 0 aliphatic carbocycles. The zero-order chi connectivity index (χ0) is 10.1. The lowest BCUT2D eigenvalue weighted by molar-refractivity contribution is -0.134. The van der Waals surface area contributed by atoms with Crippen molar-refractivity contribution in [3.63, 3.8) is 0 Å². The van der Waals surface area contributed by atoms with Gasteiger partial charge < -0.3 is 10.6 Å². The molecule has 13 heavy (non-hydrogen) atoms. The molecule has 0 radical (unpaired) electrons. The van der Waals surface area contributed by atoms with Crippen molar-refractivity contribution in [1.82, 2.24) is 4.90 Å². The van der Waals surface area contributed by atoms with Crippen molar-refractivity contribution in [3.8, 4) is 0 Å². The second kappa shape index (κ2) is 3.66. The van der Waals surface area contributed by atoms with Crippen molar-refractivity contribution in [1.29, 1.82) is 0 Å². The van der Waals surface area contributed by atoms with Gasteiger partial charge in [0.25, 0.3) is 0 Å². The molecule has 0 bridgehead atoms. The number of hydrogen-bond donors (Lipinski definition) is 1. The highest BCUT2D eigenvalue weighted by Crippen LogP contribution is 2.29. The average molecular weight is 184 g/mol. The summed E-state index contributed by atoms with van der Waals surface area (Å²) in [6, 6.07) is -0.346. The van der Waals surface area contributed by atoms with Gasteiger partial charge in [-0.1, -0.05) is 13.8 Å². The van der Waals surface area contributed by atoms with Crippen LogP contribution in [0.5, 0.6) is 0 Å². The molecule has 1 amide bonds. The van der Waals surface area contributed by atoms with Crippen LogP contribution in [0, 0.1) is 5.41 Å². The normalized spacial score (nSPS) is 24.2. The van der Waals surface area contributed by atoms with Gasteiger partial charge in [-0.15, -0.1) is 0 Å². The number of nitrogens with two attached hydrogens (primary N) is 1. The maximum absolute atomic E-state index is 11.5. The zero-order valence-corrected chi connectivity index (χ0v) is 8.84. The molecule has 2 N–H and O–H groups in total. The Kier molecular flexibility index (Phi) is 2.96. The Morgan fingerprint density at radius 2 is 1.85 bits per heavy atom. The molecular weight excluding hydrogens is 164 g/mol. The number of piperidine rings is 1. The first-order valence-corrected chi connectivity index (χ1v) is 4.97. The van der Waals surface area contributed by atoms with Gasteiger partial charge in [-0.2, -0.15) is 0 Å². The summed E-state index contributed by atoms with van der Waals surface area (Å²) in [6.45, 7) is 7.99. The first-order valence-electron chi connectivity index (χ1n) is 4.97. The van der Waals surface area contributed by atoms with Crippen molar-refractivity contribution in [2.45, 2.75) is 39.7 Å². The zero-order valence-electron chi connectivity index (χ0n) is 8.84. The van der Waals surface area contributed by atoms with Crippen LogP contribution in [0.1, 0.15) is 33.6 Å². The standard InChI is InChI=1S/C10H20N2O/c1-8(11)9(13)12-6-4-10(2,3)5-7-12/h8H,4-7,11H2,1-3H3/t8-/m0/s1. The van der Waals surface area contributed by atoms with E-state index in [1.165, 1.54) is 0 Å². The number of likely N-dealkylation sites (tertiary alicyclic amines) is 1. The number of carbonyl (C=O) groups excluding carboxylic acids is 1. The third-order valence-corrected chi connectivity index (χ3v) is 2.82. The average Bonchev–Trinajstić information content (AvgIpc) is 2.03. The van der Waals surface area contributed by atoms with Crippen LogP contribution in [-0.4, -0.2) is 29.9 Å². The summed E-state index contributed by atoms with van der Waals surface area (Å²) < 4.78 is 0. The minimum Gasteiger partial charge on any atom is -0.341 e. The van der Waals surface area contributed by atoms with Crippen LogP contribution in [0.4, 0.5) is 0 Å². The molecule has 1 saturated heterocycles. The van der Waals surface area contributed by atoms with Crippen LogP contribution in [0.15, 0.2) is 0 Å². The third-order valence-electron chi connectivity index (χ3n) is 2.82. The van der Waals surface area contributed by atoms with Gasteiger partial charge in [0.2, 0.25) is 5.91 Å². The first kappa shape index (κ1) is 10.5. The van der Waals surface area contributed by atoms with E-state index in [1.807, 2.05) is 4.90 Å². The molecule has 3 heteroatoms. The fourth-order valence-electron chi connectivity index (χ4n) is 1.62. The Balaban J connectivity index is 2.46. The van der Waals surface area contributed by atoms with E-state index in [2.05, 4.69) is 13.8 Å². The summed E-state index contributed by atoms with van der Waals surface area (Å²) in [5.74, 6) is 0.0931. The van der Waals surface area contributed by atoms with E-state index in [1.54, 1.807) is 6.92 Å². The van der Waals surface area contributed by atoms with Crippen LogP contribution in [-0.2, 0) is 4.79 Å². The highest BCUT2D eigenvalue weighted by molar-refractivity contribution is 5.81. The van der Waals surface area contributed by atoms with Crippen molar-refractivity contribution < 1.29 is 4.79 Å². The van der Waals surface area contributed by atoms with Gasteiger partial charge in [0.05, 0.1) is 6.04 Å². The summed E-state index contributed by atoms with van der Waals surface area (Å²) in [7, 11) is 0. The number of carbonyl (C=O) groups is 1. The van der Waals surface area contributed by atoms with Crippen LogP contribution in [0.25, 0.3) is 0 Å². The van der Waals surface area contributed by atoms with Gasteiger partial charge in [0.15, 0.2) is 0 Å². The van der Waals surface area contributed by atoms with Gasteiger partial charge in [-0.25, -0.2) is 0 Å². The van der Waals surface area contributed by atoms with E-state index in [4.69, 9.17) is 5.73 Å². The largest absolute Gasteiger partial charge is 0.341 e. The Morgan fingerprint density at radius 3 is 2.23 bits per heavy atom. The lowest BCUT2D eigenvalue weighted by atomic mass is 9.82. The fraction of sp³-hybridized carbons (Fsp3) is 0.900. The molecule has 0 saturated carbocycles.